The number of carbonyl (C=O) groups excluding carboxylic acids is 3. The van der Waals surface area contributed by atoms with E-state index in [0.29, 0.717) is 24.4 Å². The topological polar surface area (TPSA) is 81.8 Å². The molecule has 2 heterocycles. The lowest BCUT2D eigenvalue weighted by Gasteiger charge is -2.33. The Morgan fingerprint density at radius 3 is 2.46 bits per heavy atom. The summed E-state index contributed by atoms with van der Waals surface area (Å²) in [7, 11) is 0. The highest BCUT2D eigenvalue weighted by atomic mass is 16.2. The van der Waals surface area contributed by atoms with Gasteiger partial charge in [0.2, 0.25) is 5.91 Å². The third-order valence-corrected chi connectivity index (χ3v) is 6.66. The molecule has 0 radical (unpaired) electrons. The lowest BCUT2D eigenvalue weighted by molar-refractivity contribution is -0.136. The van der Waals surface area contributed by atoms with Crippen LogP contribution in [0.15, 0.2) is 59.8 Å². The van der Waals surface area contributed by atoms with E-state index in [2.05, 4.69) is 16.7 Å². The van der Waals surface area contributed by atoms with Crippen LogP contribution >= 0.6 is 0 Å². The Morgan fingerprint density at radius 2 is 1.83 bits per heavy atom. The van der Waals surface area contributed by atoms with Crippen molar-refractivity contribution < 1.29 is 14.4 Å². The normalized spacial score (nSPS) is 18.6. The predicted molar refractivity (Wildman–Crippen MR) is 135 cm³/mol. The third-order valence-electron chi connectivity index (χ3n) is 6.66. The first-order valence-electron chi connectivity index (χ1n) is 12.2. The van der Waals surface area contributed by atoms with Gasteiger partial charge in [-0.1, -0.05) is 67.9 Å². The van der Waals surface area contributed by atoms with Crippen LogP contribution in [-0.4, -0.2) is 47.3 Å². The number of rotatable bonds is 7. The molecule has 7 nitrogen and oxygen atoms in total. The number of likely N-dealkylation sites (N-methyl/N-ethyl adjacent to an activating group) is 1. The Bertz CT molecular complexity index is 1170. The first-order chi connectivity index (χ1) is 16.7. The van der Waals surface area contributed by atoms with Crippen LogP contribution < -0.4 is 10.6 Å². The van der Waals surface area contributed by atoms with Crippen molar-refractivity contribution in [3.63, 3.8) is 0 Å². The van der Waals surface area contributed by atoms with Crippen molar-refractivity contribution in [2.75, 3.05) is 19.6 Å². The molecule has 0 aromatic heterocycles. The average Bonchev–Trinajstić information content (AvgIpc) is 3.15. The number of aryl methyl sites for hydroxylation is 2. The van der Waals surface area contributed by atoms with E-state index in [1.807, 2.05) is 77.1 Å². The van der Waals surface area contributed by atoms with Gasteiger partial charge in [0.1, 0.15) is 6.04 Å². The number of hydrogen-bond acceptors (Lipinski definition) is 3. The first kappa shape index (κ1) is 24.5. The van der Waals surface area contributed by atoms with Gasteiger partial charge in [-0.25, -0.2) is 4.79 Å². The number of amides is 4. The average molecular weight is 475 g/mol. The molecule has 7 heteroatoms. The Hall–Kier alpha value is -3.61. The van der Waals surface area contributed by atoms with E-state index in [0.717, 1.165) is 22.3 Å². The molecule has 2 N–H and O–H groups in total. The molecule has 2 aromatic carbocycles. The van der Waals surface area contributed by atoms with Crippen molar-refractivity contribution in [2.24, 2.45) is 5.92 Å². The molecule has 2 atom stereocenters. The quantitative estimate of drug-likeness (QED) is 0.637. The summed E-state index contributed by atoms with van der Waals surface area (Å²) in [5.41, 5.74) is 4.96. The summed E-state index contributed by atoms with van der Waals surface area (Å²) in [6, 6.07) is 13.8. The van der Waals surface area contributed by atoms with Crippen molar-refractivity contribution in [3.8, 4) is 0 Å². The van der Waals surface area contributed by atoms with Crippen LogP contribution in [0.5, 0.6) is 0 Å². The second-order valence-corrected chi connectivity index (χ2v) is 9.73. The lowest BCUT2D eigenvalue weighted by atomic mass is 9.91. The summed E-state index contributed by atoms with van der Waals surface area (Å²) in [6.45, 7) is 11.1. The van der Waals surface area contributed by atoms with Gasteiger partial charge in [0, 0.05) is 13.1 Å². The van der Waals surface area contributed by atoms with E-state index in [-0.39, 0.29) is 30.3 Å². The Morgan fingerprint density at radius 1 is 1.11 bits per heavy atom. The van der Waals surface area contributed by atoms with Gasteiger partial charge < -0.3 is 15.5 Å². The third kappa shape index (κ3) is 4.67. The molecule has 0 aliphatic carbocycles. The zero-order chi connectivity index (χ0) is 25.3. The molecule has 0 fully saturated rings. The monoisotopic (exact) mass is 474 g/mol. The fourth-order valence-electron chi connectivity index (χ4n) is 4.95. The molecule has 0 saturated carbocycles. The molecular weight excluding hydrogens is 440 g/mol. The van der Waals surface area contributed by atoms with Gasteiger partial charge in [-0.2, -0.15) is 0 Å². The predicted octanol–water partition coefficient (Wildman–Crippen LogP) is 4.00. The van der Waals surface area contributed by atoms with Gasteiger partial charge in [0.05, 0.1) is 23.9 Å². The molecule has 0 spiro atoms. The van der Waals surface area contributed by atoms with E-state index in [1.54, 1.807) is 9.80 Å². The lowest BCUT2D eigenvalue weighted by Crippen LogP contribution is -2.47. The number of hydrogen-bond donors (Lipinski definition) is 2. The fraction of sp³-hybridized carbons (Fsp3) is 0.393. The maximum absolute atomic E-state index is 14.0. The van der Waals surface area contributed by atoms with Crippen LogP contribution in [-0.2, 0) is 9.59 Å². The van der Waals surface area contributed by atoms with Gasteiger partial charge in [-0.05, 0) is 43.4 Å². The molecule has 184 valence electrons. The second-order valence-electron chi connectivity index (χ2n) is 9.73. The summed E-state index contributed by atoms with van der Waals surface area (Å²) in [4.78, 5) is 43.7. The molecule has 4 rings (SSSR count). The first-order valence-corrected chi connectivity index (χ1v) is 12.2. The number of urea groups is 1. The SMILES string of the molecule is CCN1C(=O)N[C@H](c2ccc(C)cc2C)C2=C1CN([C@@H](C(=O)NCC(C)C)c1ccccc1)C2=O. The molecule has 0 saturated heterocycles. The fourth-order valence-corrected chi connectivity index (χ4v) is 4.95. The highest BCUT2D eigenvalue weighted by molar-refractivity contribution is 6.04. The van der Waals surface area contributed by atoms with Crippen LogP contribution in [0.4, 0.5) is 4.79 Å². The molecule has 0 unspecified atom stereocenters. The Kier molecular flexibility index (Phi) is 6.96. The van der Waals surface area contributed by atoms with E-state index in [9.17, 15) is 14.4 Å². The van der Waals surface area contributed by atoms with Crippen LogP contribution in [0.1, 0.15) is 55.1 Å². The minimum Gasteiger partial charge on any atom is -0.354 e. The minimum atomic E-state index is -0.790. The Balaban J connectivity index is 1.77. The summed E-state index contributed by atoms with van der Waals surface area (Å²) in [6.07, 6.45) is 0. The zero-order valence-corrected chi connectivity index (χ0v) is 21.1. The molecule has 2 aliphatic rings. The van der Waals surface area contributed by atoms with E-state index in [4.69, 9.17) is 0 Å². The molecule has 35 heavy (non-hydrogen) atoms. The van der Waals surface area contributed by atoms with Crippen molar-refractivity contribution in [1.29, 1.82) is 0 Å². The van der Waals surface area contributed by atoms with E-state index >= 15 is 0 Å². The largest absolute Gasteiger partial charge is 0.354 e. The van der Waals surface area contributed by atoms with Crippen molar-refractivity contribution in [3.05, 3.63) is 82.1 Å². The second kappa shape index (κ2) is 9.94. The number of carbonyl (C=O) groups is 3. The summed E-state index contributed by atoms with van der Waals surface area (Å²) >= 11 is 0. The summed E-state index contributed by atoms with van der Waals surface area (Å²) in [5.74, 6) is -0.164. The highest BCUT2D eigenvalue weighted by Crippen LogP contribution is 2.40. The molecular formula is C28H34N4O3. The van der Waals surface area contributed by atoms with Gasteiger partial charge in [-0.15, -0.1) is 0 Å². The minimum absolute atomic E-state index is 0.200. The summed E-state index contributed by atoms with van der Waals surface area (Å²) in [5, 5.41) is 6.05. The standard InChI is InChI=1S/C28H34N4O3/c1-6-31-22-16-32(25(20-10-8-7-9-11-20)26(33)29-15-17(2)3)27(34)23(22)24(30-28(31)35)21-13-12-18(4)14-19(21)5/h7-14,17,24-25H,6,15-16H2,1-5H3,(H,29,33)(H,30,35)/t24-,25-/m1/s1. The van der Waals surface area contributed by atoms with Gasteiger partial charge in [0.15, 0.2) is 0 Å². The number of benzene rings is 2. The maximum Gasteiger partial charge on any atom is 0.322 e. The Labute approximate surface area is 207 Å². The summed E-state index contributed by atoms with van der Waals surface area (Å²) < 4.78 is 0. The molecule has 0 bridgehead atoms. The van der Waals surface area contributed by atoms with Crippen molar-refractivity contribution >= 4 is 17.8 Å². The molecule has 4 amide bonds. The van der Waals surface area contributed by atoms with Crippen LogP contribution in [0.3, 0.4) is 0 Å². The van der Waals surface area contributed by atoms with Crippen LogP contribution in [0, 0.1) is 19.8 Å². The van der Waals surface area contributed by atoms with Crippen molar-refractivity contribution in [2.45, 2.75) is 46.7 Å². The zero-order valence-electron chi connectivity index (χ0n) is 21.1. The van der Waals surface area contributed by atoms with Gasteiger partial charge in [-0.3, -0.25) is 14.5 Å². The molecule has 2 aromatic rings. The van der Waals surface area contributed by atoms with E-state index in [1.165, 1.54) is 0 Å². The van der Waals surface area contributed by atoms with Crippen LogP contribution in [0.25, 0.3) is 0 Å². The maximum atomic E-state index is 14.0. The van der Waals surface area contributed by atoms with Gasteiger partial charge in [0.25, 0.3) is 5.91 Å². The number of nitrogens with one attached hydrogen (secondary N) is 2. The van der Waals surface area contributed by atoms with Crippen LogP contribution in [0.2, 0.25) is 0 Å². The van der Waals surface area contributed by atoms with E-state index < -0.39 is 12.1 Å². The van der Waals surface area contributed by atoms with Crippen molar-refractivity contribution in [1.82, 2.24) is 20.4 Å². The number of nitrogens with zero attached hydrogens (tertiary/aromatic N) is 2. The molecule has 2 aliphatic heterocycles. The smallest absolute Gasteiger partial charge is 0.322 e. The highest BCUT2D eigenvalue weighted by Gasteiger charge is 2.47. The van der Waals surface area contributed by atoms with Gasteiger partial charge >= 0.3 is 6.03 Å².